The van der Waals surface area contributed by atoms with E-state index >= 15 is 0 Å². The first kappa shape index (κ1) is 21.5. The van der Waals surface area contributed by atoms with E-state index in [-0.39, 0.29) is 47.2 Å². The first-order valence-electron chi connectivity index (χ1n) is 12.8. The third-order valence-corrected chi connectivity index (χ3v) is 11.9. The van der Waals surface area contributed by atoms with Crippen molar-refractivity contribution < 1.29 is 20.4 Å². The third kappa shape index (κ3) is 2.57. The van der Waals surface area contributed by atoms with E-state index in [1.807, 2.05) is 0 Å². The molecule has 2 heterocycles. The maximum atomic E-state index is 10.9. The molecule has 2 aromatic heterocycles. The van der Waals surface area contributed by atoms with Crippen LogP contribution in [-0.4, -0.2) is 41.1 Å². The molecule has 8 atom stereocenters. The SMILES string of the molecule is Oc1c2c(c(O)n1CCSSCCn1c(O)c3c(c1O)[C@@H]1C=C[C@@H]3[C@@H]3C=C[C@@H]31)[C@@H]1C=C[C@@H]2[C@@H]2C=C[C@@H]21. The first-order valence-corrected chi connectivity index (χ1v) is 15.3. The van der Waals surface area contributed by atoms with Crippen LogP contribution in [0, 0.1) is 23.7 Å². The van der Waals surface area contributed by atoms with E-state index in [0.717, 1.165) is 33.8 Å². The molecule has 0 saturated carbocycles. The molecular weight excluding hydrogens is 492 g/mol. The summed E-state index contributed by atoms with van der Waals surface area (Å²) in [7, 11) is 3.36. The summed E-state index contributed by atoms with van der Waals surface area (Å²) in [6.45, 7) is 1.06. The summed E-state index contributed by atoms with van der Waals surface area (Å²) in [4.78, 5) is 0. The van der Waals surface area contributed by atoms with Gasteiger partial charge in [-0.3, -0.25) is 9.13 Å². The summed E-state index contributed by atoms with van der Waals surface area (Å²) in [6, 6.07) is 0. The largest absolute Gasteiger partial charge is 0.494 e. The van der Waals surface area contributed by atoms with Crippen LogP contribution in [0.5, 0.6) is 23.5 Å². The Balaban J connectivity index is 0.909. The van der Waals surface area contributed by atoms with E-state index in [2.05, 4.69) is 48.6 Å². The molecule has 0 spiro atoms. The Kier molecular flexibility index (Phi) is 4.47. The number of hydrogen-bond donors (Lipinski definition) is 4. The van der Waals surface area contributed by atoms with Gasteiger partial charge in [0.1, 0.15) is 0 Å². The molecule has 0 saturated heterocycles. The number of aromatic hydroxyl groups is 4. The van der Waals surface area contributed by atoms with Gasteiger partial charge in [0, 0.05) is 70.5 Å². The molecule has 0 aromatic carbocycles. The molecule has 6 nitrogen and oxygen atoms in total. The van der Waals surface area contributed by atoms with Crippen molar-refractivity contribution in [3.63, 3.8) is 0 Å². The zero-order chi connectivity index (χ0) is 24.3. The monoisotopic (exact) mass is 520 g/mol. The van der Waals surface area contributed by atoms with Gasteiger partial charge in [0.15, 0.2) is 23.5 Å². The second kappa shape index (κ2) is 7.48. The Bertz CT molecular complexity index is 1220. The summed E-state index contributed by atoms with van der Waals surface area (Å²) >= 11 is 0. The average Bonchev–Trinajstić information content (AvgIpc) is 3.23. The van der Waals surface area contributed by atoms with Crippen LogP contribution in [0.2, 0.25) is 0 Å². The van der Waals surface area contributed by atoms with Crippen molar-refractivity contribution in [2.75, 3.05) is 11.5 Å². The fourth-order valence-corrected chi connectivity index (χ4v) is 9.60. The Labute approximate surface area is 217 Å². The Morgan fingerprint density at radius 1 is 0.472 bits per heavy atom. The molecule has 2 aromatic rings. The first-order chi connectivity index (χ1) is 17.6. The van der Waals surface area contributed by atoms with Gasteiger partial charge in [-0.15, -0.1) is 0 Å². The standard InChI is InChI=1S/C28H28N2O4S2/c31-25-21-17-5-6-18(14-2-1-13(14)17)22(21)26(32)29(25)9-11-35-36-12-10-30-27(33)23-19-7-8-20(24(23)28(30)34)16-4-3-15(16)19/h1-8,13-20,31-34H,9-12H2/t13-,14+,15-,16+,17-,18-,19-,20-/m1/s1. The molecule has 8 aliphatic rings. The maximum Gasteiger partial charge on any atom is 0.198 e. The van der Waals surface area contributed by atoms with Crippen LogP contribution >= 0.6 is 21.6 Å². The van der Waals surface area contributed by atoms with Crippen molar-refractivity contribution >= 4 is 21.6 Å². The highest BCUT2D eigenvalue weighted by Gasteiger charge is 2.51. The predicted molar refractivity (Wildman–Crippen MR) is 142 cm³/mol. The van der Waals surface area contributed by atoms with Gasteiger partial charge < -0.3 is 20.4 Å². The minimum atomic E-state index is 0.165. The highest BCUT2D eigenvalue weighted by atomic mass is 33.1. The fraction of sp³-hybridized carbons (Fsp3) is 0.429. The van der Waals surface area contributed by atoms with Crippen LogP contribution in [0.25, 0.3) is 0 Å². The van der Waals surface area contributed by atoms with Gasteiger partial charge in [0.25, 0.3) is 0 Å². The zero-order valence-corrected chi connectivity index (χ0v) is 21.2. The molecule has 0 radical (unpaired) electrons. The van der Waals surface area contributed by atoms with Crippen LogP contribution in [0.4, 0.5) is 0 Å². The summed E-state index contributed by atoms with van der Waals surface area (Å²) in [5, 5.41) is 43.8. The summed E-state index contributed by atoms with van der Waals surface area (Å²) in [5.41, 5.74) is 3.66. The Hall–Kier alpha value is -2.58. The molecule has 0 unspecified atom stereocenters. The van der Waals surface area contributed by atoms with Crippen molar-refractivity contribution in [3.8, 4) is 23.5 Å². The van der Waals surface area contributed by atoms with Crippen LogP contribution in [-0.2, 0) is 13.1 Å². The maximum absolute atomic E-state index is 10.9. The predicted octanol–water partition coefficient (Wildman–Crippen LogP) is 5.30. The quantitative estimate of drug-likeness (QED) is 0.225. The van der Waals surface area contributed by atoms with Crippen LogP contribution in [0.3, 0.4) is 0 Å². The highest BCUT2D eigenvalue weighted by Crippen LogP contribution is 2.63. The molecule has 186 valence electrons. The lowest BCUT2D eigenvalue weighted by Gasteiger charge is -2.47. The average molecular weight is 521 g/mol. The molecule has 0 fully saturated rings. The van der Waals surface area contributed by atoms with Crippen LogP contribution in [0.1, 0.15) is 45.9 Å². The second-order valence-corrected chi connectivity index (χ2v) is 13.6. The van der Waals surface area contributed by atoms with E-state index in [4.69, 9.17) is 0 Å². The molecule has 10 rings (SSSR count). The molecule has 8 heteroatoms. The third-order valence-electron chi connectivity index (χ3n) is 9.49. The highest BCUT2D eigenvalue weighted by molar-refractivity contribution is 8.76. The van der Waals surface area contributed by atoms with Gasteiger partial charge in [-0.25, -0.2) is 0 Å². The van der Waals surface area contributed by atoms with Crippen molar-refractivity contribution in [2.45, 2.75) is 36.8 Å². The Morgan fingerprint density at radius 3 is 1.00 bits per heavy atom. The number of aromatic nitrogens is 2. The lowest BCUT2D eigenvalue weighted by Crippen LogP contribution is -2.36. The Morgan fingerprint density at radius 2 is 0.750 bits per heavy atom. The van der Waals surface area contributed by atoms with Gasteiger partial charge in [0.2, 0.25) is 0 Å². The molecule has 0 amide bonds. The summed E-state index contributed by atoms with van der Waals surface area (Å²) in [6.07, 6.45) is 17.7. The zero-order valence-electron chi connectivity index (χ0n) is 19.6. The molecular formula is C28H28N2O4S2. The topological polar surface area (TPSA) is 90.8 Å². The normalized spacial score (nSPS) is 34.8. The summed E-state index contributed by atoms with van der Waals surface area (Å²) < 4.78 is 3.33. The number of nitrogens with zero attached hydrogens (tertiary/aromatic N) is 2. The van der Waals surface area contributed by atoms with E-state index in [0.29, 0.717) is 36.8 Å². The van der Waals surface area contributed by atoms with Crippen molar-refractivity contribution in [1.29, 1.82) is 0 Å². The van der Waals surface area contributed by atoms with Crippen LogP contribution < -0.4 is 0 Å². The summed E-state index contributed by atoms with van der Waals surface area (Å²) in [5.74, 6) is 4.77. The number of rotatable bonds is 7. The van der Waals surface area contributed by atoms with Crippen molar-refractivity contribution in [3.05, 3.63) is 70.9 Å². The van der Waals surface area contributed by atoms with E-state index < -0.39 is 0 Å². The minimum absolute atomic E-state index is 0.165. The lowest BCUT2D eigenvalue weighted by atomic mass is 9.56. The lowest BCUT2D eigenvalue weighted by molar-refractivity contribution is 0.306. The molecule has 4 N–H and O–H groups in total. The van der Waals surface area contributed by atoms with Gasteiger partial charge in [0.05, 0.1) is 0 Å². The molecule has 8 aliphatic carbocycles. The van der Waals surface area contributed by atoms with Crippen molar-refractivity contribution in [1.82, 2.24) is 9.13 Å². The van der Waals surface area contributed by atoms with E-state index in [1.54, 1.807) is 30.7 Å². The van der Waals surface area contributed by atoms with E-state index in [9.17, 15) is 20.4 Å². The van der Waals surface area contributed by atoms with Gasteiger partial charge >= 0.3 is 0 Å². The molecule has 0 aliphatic heterocycles. The van der Waals surface area contributed by atoms with Gasteiger partial charge in [-0.2, -0.15) is 0 Å². The van der Waals surface area contributed by atoms with Crippen LogP contribution in [0.15, 0.2) is 48.6 Å². The number of hydrogen-bond acceptors (Lipinski definition) is 6. The van der Waals surface area contributed by atoms with Gasteiger partial charge in [-0.1, -0.05) is 70.2 Å². The fourth-order valence-electron chi connectivity index (χ4n) is 7.70. The van der Waals surface area contributed by atoms with Gasteiger partial charge in [-0.05, 0) is 23.7 Å². The minimum Gasteiger partial charge on any atom is -0.494 e. The van der Waals surface area contributed by atoms with E-state index in [1.165, 1.54) is 0 Å². The van der Waals surface area contributed by atoms with Crippen molar-refractivity contribution in [2.24, 2.45) is 23.7 Å². The number of allylic oxidation sites excluding steroid dienone is 8. The second-order valence-electron chi connectivity index (χ2n) is 10.8. The molecule has 36 heavy (non-hydrogen) atoms. The molecule has 4 bridgehead atoms. The smallest absolute Gasteiger partial charge is 0.198 e.